The Morgan fingerprint density at radius 3 is 2.52 bits per heavy atom. The van der Waals surface area contributed by atoms with Crippen LogP contribution in [0.3, 0.4) is 0 Å². The van der Waals surface area contributed by atoms with Gasteiger partial charge in [-0.1, -0.05) is 0 Å². The third kappa shape index (κ3) is 5.96. The number of amides is 2. The number of aryl methyl sites for hydroxylation is 1. The van der Waals surface area contributed by atoms with Crippen molar-refractivity contribution in [3.8, 4) is 0 Å². The van der Waals surface area contributed by atoms with Crippen LogP contribution in [0, 0.1) is 0 Å². The minimum absolute atomic E-state index is 0.263. The summed E-state index contributed by atoms with van der Waals surface area (Å²) in [6.45, 7) is 0.263. The van der Waals surface area contributed by atoms with Gasteiger partial charge in [0, 0.05) is 29.1 Å². The SMILES string of the molecule is Cn1cc(Br)cc1C(=O)NNC(=O)c1ccc(CCNS(C)(=O)=O)s1. The molecule has 0 aliphatic heterocycles. The van der Waals surface area contributed by atoms with Gasteiger partial charge in [0.25, 0.3) is 11.8 Å². The van der Waals surface area contributed by atoms with Crippen molar-refractivity contribution in [3.05, 3.63) is 44.3 Å². The van der Waals surface area contributed by atoms with Crippen LogP contribution in [0.4, 0.5) is 0 Å². The van der Waals surface area contributed by atoms with Gasteiger partial charge in [0.2, 0.25) is 10.0 Å². The van der Waals surface area contributed by atoms with E-state index in [0.717, 1.165) is 15.6 Å². The summed E-state index contributed by atoms with van der Waals surface area (Å²) in [5.74, 6) is -0.871. The first kappa shape index (κ1) is 19.6. The molecular weight excluding hydrogens is 432 g/mol. The molecule has 0 saturated heterocycles. The monoisotopic (exact) mass is 448 g/mol. The minimum atomic E-state index is -3.23. The molecule has 2 aromatic rings. The highest BCUT2D eigenvalue weighted by Crippen LogP contribution is 2.17. The summed E-state index contributed by atoms with van der Waals surface area (Å²) < 4.78 is 26.8. The van der Waals surface area contributed by atoms with Crippen molar-refractivity contribution in [1.82, 2.24) is 20.1 Å². The number of hydrazine groups is 1. The highest BCUT2D eigenvalue weighted by Gasteiger charge is 2.14. The first-order valence-corrected chi connectivity index (χ1v) is 10.6. The Hall–Kier alpha value is -1.69. The summed E-state index contributed by atoms with van der Waals surface area (Å²) in [5, 5.41) is 0. The van der Waals surface area contributed by atoms with Gasteiger partial charge in [-0.3, -0.25) is 20.4 Å². The molecule has 0 fully saturated rings. The van der Waals surface area contributed by atoms with E-state index in [0.29, 0.717) is 17.0 Å². The van der Waals surface area contributed by atoms with Gasteiger partial charge in [-0.05, 0) is 40.5 Å². The number of carbonyl (C=O) groups excluding carboxylic acids is 2. The van der Waals surface area contributed by atoms with E-state index in [1.807, 2.05) is 0 Å². The van der Waals surface area contributed by atoms with Crippen molar-refractivity contribution in [2.45, 2.75) is 6.42 Å². The summed E-state index contributed by atoms with van der Waals surface area (Å²) in [4.78, 5) is 25.4. The second kappa shape index (κ2) is 8.13. The van der Waals surface area contributed by atoms with Gasteiger partial charge in [-0.25, -0.2) is 13.1 Å². The second-order valence-electron chi connectivity index (χ2n) is 5.25. The zero-order chi connectivity index (χ0) is 18.6. The lowest BCUT2D eigenvalue weighted by atomic mass is 10.3. The van der Waals surface area contributed by atoms with Crippen molar-refractivity contribution < 1.29 is 18.0 Å². The van der Waals surface area contributed by atoms with E-state index in [2.05, 4.69) is 31.5 Å². The average molecular weight is 449 g/mol. The lowest BCUT2D eigenvalue weighted by Crippen LogP contribution is -2.41. The molecule has 8 nitrogen and oxygen atoms in total. The standard InChI is InChI=1S/C14H17BrN4O4S2/c1-19-8-9(15)7-11(19)13(20)17-18-14(21)12-4-3-10(24-12)5-6-16-25(2,22)23/h3-4,7-8,16H,5-6H2,1-2H3,(H,17,20)(H,18,21). The van der Waals surface area contributed by atoms with Crippen LogP contribution in [-0.2, 0) is 23.5 Å². The van der Waals surface area contributed by atoms with E-state index in [-0.39, 0.29) is 6.54 Å². The minimum Gasteiger partial charge on any atom is -0.345 e. The Morgan fingerprint density at radius 1 is 1.24 bits per heavy atom. The normalized spacial score (nSPS) is 11.3. The molecule has 136 valence electrons. The van der Waals surface area contributed by atoms with Gasteiger partial charge in [0.15, 0.2) is 0 Å². The molecule has 0 aromatic carbocycles. The molecule has 0 aliphatic carbocycles. The Bertz CT molecular complexity index is 889. The van der Waals surface area contributed by atoms with Crippen LogP contribution >= 0.6 is 27.3 Å². The fraction of sp³-hybridized carbons (Fsp3) is 0.286. The van der Waals surface area contributed by atoms with Gasteiger partial charge >= 0.3 is 0 Å². The van der Waals surface area contributed by atoms with E-state index in [1.165, 1.54) is 11.3 Å². The maximum absolute atomic E-state index is 12.1. The summed E-state index contributed by atoms with van der Waals surface area (Å²) in [5.41, 5.74) is 5.11. The number of halogens is 1. The molecule has 0 atom stereocenters. The zero-order valence-corrected chi connectivity index (χ0v) is 16.7. The lowest BCUT2D eigenvalue weighted by Gasteiger charge is -2.06. The van der Waals surface area contributed by atoms with Crippen LogP contribution in [0.5, 0.6) is 0 Å². The molecule has 2 heterocycles. The number of sulfonamides is 1. The van der Waals surface area contributed by atoms with Crippen LogP contribution in [0.15, 0.2) is 28.9 Å². The zero-order valence-electron chi connectivity index (χ0n) is 13.5. The number of carbonyl (C=O) groups is 2. The van der Waals surface area contributed by atoms with Gasteiger partial charge in [0.05, 0.1) is 11.1 Å². The van der Waals surface area contributed by atoms with Crippen LogP contribution in [0.1, 0.15) is 25.0 Å². The molecule has 11 heteroatoms. The molecule has 25 heavy (non-hydrogen) atoms. The number of hydrogen-bond acceptors (Lipinski definition) is 5. The van der Waals surface area contributed by atoms with Crippen molar-refractivity contribution in [3.63, 3.8) is 0 Å². The van der Waals surface area contributed by atoms with Crippen molar-refractivity contribution in [2.75, 3.05) is 12.8 Å². The number of thiophene rings is 1. The predicted molar refractivity (Wildman–Crippen MR) is 98.9 cm³/mol. The summed E-state index contributed by atoms with van der Waals surface area (Å²) in [6.07, 6.45) is 3.30. The Balaban J connectivity index is 1.87. The maximum Gasteiger partial charge on any atom is 0.286 e. The molecule has 0 spiro atoms. The van der Waals surface area contributed by atoms with Gasteiger partial charge in [-0.2, -0.15) is 0 Å². The molecule has 2 rings (SSSR count). The average Bonchev–Trinajstić information content (AvgIpc) is 3.09. The highest BCUT2D eigenvalue weighted by atomic mass is 79.9. The molecule has 0 radical (unpaired) electrons. The molecular formula is C14H17BrN4O4S2. The smallest absolute Gasteiger partial charge is 0.286 e. The Labute approximate surface area is 157 Å². The maximum atomic E-state index is 12.1. The van der Waals surface area contributed by atoms with Crippen molar-refractivity contribution >= 4 is 49.1 Å². The Morgan fingerprint density at radius 2 is 1.92 bits per heavy atom. The van der Waals surface area contributed by atoms with E-state index >= 15 is 0 Å². The summed E-state index contributed by atoms with van der Waals surface area (Å²) in [6, 6.07) is 5.01. The third-order valence-electron chi connectivity index (χ3n) is 3.11. The predicted octanol–water partition coefficient (Wildman–Crippen LogP) is 1.02. The molecule has 0 bridgehead atoms. The van der Waals surface area contributed by atoms with Crippen molar-refractivity contribution in [1.29, 1.82) is 0 Å². The molecule has 2 amide bonds. The van der Waals surface area contributed by atoms with E-state index in [4.69, 9.17) is 0 Å². The van der Waals surface area contributed by atoms with Crippen LogP contribution in [0.25, 0.3) is 0 Å². The molecule has 3 N–H and O–H groups in total. The van der Waals surface area contributed by atoms with Crippen LogP contribution in [-0.4, -0.2) is 37.6 Å². The Kier molecular flexibility index (Phi) is 6.38. The second-order valence-corrected chi connectivity index (χ2v) is 9.16. The fourth-order valence-corrected chi connectivity index (χ4v) is 3.88. The van der Waals surface area contributed by atoms with Crippen LogP contribution in [0.2, 0.25) is 0 Å². The van der Waals surface area contributed by atoms with Gasteiger partial charge in [-0.15, -0.1) is 11.3 Å². The van der Waals surface area contributed by atoms with Crippen molar-refractivity contribution in [2.24, 2.45) is 7.05 Å². The summed E-state index contributed by atoms with van der Waals surface area (Å²) >= 11 is 4.51. The lowest BCUT2D eigenvalue weighted by molar-refractivity contribution is 0.0844. The molecule has 0 aliphatic rings. The third-order valence-corrected chi connectivity index (χ3v) is 5.42. The summed E-state index contributed by atoms with van der Waals surface area (Å²) in [7, 11) is -1.51. The number of aromatic nitrogens is 1. The number of nitrogens with one attached hydrogen (secondary N) is 3. The van der Waals surface area contributed by atoms with Gasteiger partial charge < -0.3 is 4.57 Å². The van der Waals surface area contributed by atoms with Gasteiger partial charge in [0.1, 0.15) is 5.69 Å². The van der Waals surface area contributed by atoms with E-state index in [9.17, 15) is 18.0 Å². The largest absolute Gasteiger partial charge is 0.345 e. The first-order chi connectivity index (χ1) is 11.7. The number of nitrogens with zero attached hydrogens (tertiary/aromatic N) is 1. The molecule has 2 aromatic heterocycles. The van der Waals surface area contributed by atoms with Crippen LogP contribution < -0.4 is 15.6 Å². The number of rotatable bonds is 6. The molecule has 0 unspecified atom stereocenters. The van der Waals surface area contributed by atoms with E-state index < -0.39 is 21.8 Å². The topological polar surface area (TPSA) is 109 Å². The fourth-order valence-electron chi connectivity index (χ4n) is 1.98. The first-order valence-electron chi connectivity index (χ1n) is 7.11. The quantitative estimate of drug-likeness (QED) is 0.572. The van der Waals surface area contributed by atoms with E-state index in [1.54, 1.807) is 36.0 Å². The highest BCUT2D eigenvalue weighted by molar-refractivity contribution is 9.10. The number of hydrogen-bond donors (Lipinski definition) is 3. The molecule has 0 saturated carbocycles.